The number of amides is 1. The van der Waals surface area contributed by atoms with Crippen LogP contribution >= 0.6 is 23.2 Å². The average Bonchev–Trinajstić information content (AvgIpc) is 3.68. The molecule has 2 atom stereocenters. The van der Waals surface area contributed by atoms with Crippen molar-refractivity contribution in [2.45, 2.75) is 44.9 Å². The minimum atomic E-state index is -5.08. The molecule has 0 radical (unpaired) electrons. The summed E-state index contributed by atoms with van der Waals surface area (Å²) < 4.78 is 36.4. The Morgan fingerprint density at radius 3 is 2.52 bits per heavy atom. The van der Waals surface area contributed by atoms with Gasteiger partial charge < -0.3 is 15.5 Å². The van der Waals surface area contributed by atoms with E-state index in [4.69, 9.17) is 33.1 Å². The molecule has 0 fully saturated rings. The van der Waals surface area contributed by atoms with Crippen LogP contribution in [-0.4, -0.2) is 74.2 Å². The van der Waals surface area contributed by atoms with Crippen molar-refractivity contribution in [3.05, 3.63) is 87.5 Å². The number of hydrogen-bond acceptors (Lipinski definition) is 9. The topological polar surface area (TPSA) is 183 Å². The van der Waals surface area contributed by atoms with Crippen molar-refractivity contribution in [3.63, 3.8) is 0 Å². The summed E-state index contributed by atoms with van der Waals surface area (Å²) in [6.07, 6.45) is 3.07. The lowest BCUT2D eigenvalue weighted by Gasteiger charge is -2.22. The molecule has 1 aliphatic heterocycles. The van der Waals surface area contributed by atoms with Crippen molar-refractivity contribution < 1.29 is 33.0 Å². The van der Waals surface area contributed by atoms with Gasteiger partial charge in [-0.3, -0.25) is 23.8 Å². The molecule has 19 heteroatoms. The summed E-state index contributed by atoms with van der Waals surface area (Å²) >= 11 is 12.3. The molecule has 3 N–H and O–H groups in total. The summed E-state index contributed by atoms with van der Waals surface area (Å²) in [6, 6.07) is 9.88. The number of aliphatic carboxylic acids is 1. The number of anilines is 1. The number of aliphatic hydroxyl groups is 1. The second-order valence-electron chi connectivity index (χ2n) is 11.1. The molecule has 50 heavy (non-hydrogen) atoms. The van der Waals surface area contributed by atoms with Gasteiger partial charge >= 0.3 is 12.1 Å². The molecule has 1 aliphatic rings. The van der Waals surface area contributed by atoms with Gasteiger partial charge in [-0.25, -0.2) is 14.5 Å². The maximum absolute atomic E-state index is 13.7. The zero-order valence-electron chi connectivity index (χ0n) is 26.1. The lowest BCUT2D eigenvalue weighted by atomic mass is 9.97. The van der Waals surface area contributed by atoms with Crippen molar-refractivity contribution in [2.24, 2.45) is 5.92 Å². The summed E-state index contributed by atoms with van der Waals surface area (Å²) in [4.78, 5) is 45.0. The second-order valence-corrected chi connectivity index (χ2v) is 12.0. The fourth-order valence-corrected chi connectivity index (χ4v) is 5.62. The van der Waals surface area contributed by atoms with Gasteiger partial charge in [-0.05, 0) is 43.2 Å². The standard InChI is InChI=1S/C29H27Cl2N9O3.C2HF3O2/c1-17-3-2-4-25(22-11-18(7-8-32-22)28-23(35-29(17)43)14-34-39(28)9-10-41)38-16-33-21(13-27(38)42)20-12-19(30)5-6-24(20)40-15-26(31)36-37-40;3-2(4,5)1(6)7/h5-8,11-17,25,41H,2-4,9-10H2,1H3,(H,35,43);(H,6,7)/t17-,25+;/m1./s1. The van der Waals surface area contributed by atoms with Gasteiger partial charge in [0.2, 0.25) is 5.91 Å². The van der Waals surface area contributed by atoms with E-state index in [-0.39, 0.29) is 35.7 Å². The molecule has 1 amide bonds. The molecule has 0 unspecified atom stereocenters. The molecule has 5 heterocycles. The number of alkyl halides is 3. The number of aromatic nitrogens is 8. The van der Waals surface area contributed by atoms with Crippen molar-refractivity contribution in [1.29, 1.82) is 0 Å². The maximum atomic E-state index is 13.7. The predicted octanol–water partition coefficient (Wildman–Crippen LogP) is 5.03. The number of benzene rings is 1. The van der Waals surface area contributed by atoms with Gasteiger partial charge in [-0.1, -0.05) is 41.8 Å². The number of aliphatic hydroxyl groups excluding tert-OH is 1. The molecule has 5 aromatic rings. The number of nitrogens with zero attached hydrogens (tertiary/aromatic N) is 8. The van der Waals surface area contributed by atoms with E-state index in [1.165, 1.54) is 17.1 Å². The number of carboxylic acids is 1. The van der Waals surface area contributed by atoms with E-state index >= 15 is 0 Å². The first kappa shape index (κ1) is 36.2. The first-order valence-electron chi connectivity index (χ1n) is 15.0. The van der Waals surface area contributed by atoms with E-state index in [1.807, 2.05) is 19.1 Å². The average molecular weight is 735 g/mol. The highest BCUT2D eigenvalue weighted by Crippen LogP contribution is 2.33. The smallest absolute Gasteiger partial charge is 0.475 e. The summed E-state index contributed by atoms with van der Waals surface area (Å²) in [5.74, 6) is -3.15. The molecule has 0 saturated heterocycles. The van der Waals surface area contributed by atoms with Crippen LogP contribution in [0.15, 0.2) is 66.1 Å². The second kappa shape index (κ2) is 15.2. The Hall–Kier alpha value is -5.13. The molecule has 1 aromatic carbocycles. The molecule has 0 spiro atoms. The Morgan fingerprint density at radius 1 is 1.10 bits per heavy atom. The molecule has 2 bridgehead atoms. The molecule has 262 valence electrons. The first-order valence-corrected chi connectivity index (χ1v) is 15.7. The van der Waals surface area contributed by atoms with Crippen LogP contribution in [0.2, 0.25) is 10.2 Å². The van der Waals surface area contributed by atoms with Crippen LogP contribution in [0.4, 0.5) is 18.9 Å². The van der Waals surface area contributed by atoms with E-state index < -0.39 is 18.2 Å². The highest BCUT2D eigenvalue weighted by Gasteiger charge is 2.38. The minimum Gasteiger partial charge on any atom is -0.475 e. The van der Waals surface area contributed by atoms with Gasteiger partial charge in [0.1, 0.15) is 0 Å². The minimum absolute atomic E-state index is 0.120. The van der Waals surface area contributed by atoms with E-state index in [2.05, 4.69) is 30.7 Å². The van der Waals surface area contributed by atoms with Gasteiger partial charge in [-0.2, -0.15) is 18.3 Å². The summed E-state index contributed by atoms with van der Waals surface area (Å²) in [6.45, 7) is 2.00. The summed E-state index contributed by atoms with van der Waals surface area (Å²) in [5, 5.41) is 32.7. The zero-order valence-corrected chi connectivity index (χ0v) is 27.6. The quantitative estimate of drug-likeness (QED) is 0.222. The molecule has 4 aromatic heterocycles. The van der Waals surface area contributed by atoms with Crippen LogP contribution < -0.4 is 10.9 Å². The molecular formula is C31H28Cl2F3N9O5. The number of nitrogens with one attached hydrogen (secondary N) is 1. The summed E-state index contributed by atoms with van der Waals surface area (Å²) in [5.41, 5.74) is 3.93. The van der Waals surface area contributed by atoms with Crippen molar-refractivity contribution in [3.8, 4) is 28.2 Å². The number of carbonyl (C=O) groups is 2. The van der Waals surface area contributed by atoms with Crippen LogP contribution in [0.1, 0.15) is 37.9 Å². The zero-order chi connectivity index (χ0) is 36.2. The van der Waals surface area contributed by atoms with Crippen LogP contribution in [0.3, 0.4) is 0 Å². The Bertz CT molecular complexity index is 2080. The fourth-order valence-electron chi connectivity index (χ4n) is 5.32. The summed E-state index contributed by atoms with van der Waals surface area (Å²) in [7, 11) is 0. The van der Waals surface area contributed by atoms with E-state index in [9.17, 15) is 27.9 Å². The third-order valence-corrected chi connectivity index (χ3v) is 8.14. The van der Waals surface area contributed by atoms with Crippen LogP contribution in [0.5, 0.6) is 0 Å². The molecular weight excluding hydrogens is 706 g/mol. The highest BCUT2D eigenvalue weighted by atomic mass is 35.5. The van der Waals surface area contributed by atoms with Gasteiger partial charge in [0.15, 0.2) is 5.15 Å². The van der Waals surface area contributed by atoms with Crippen molar-refractivity contribution >= 4 is 40.8 Å². The Labute approximate surface area is 291 Å². The lowest BCUT2D eigenvalue weighted by Crippen LogP contribution is -2.27. The predicted molar refractivity (Wildman–Crippen MR) is 175 cm³/mol. The Balaban J connectivity index is 0.000000630. The molecule has 6 rings (SSSR count). The highest BCUT2D eigenvalue weighted by molar-refractivity contribution is 6.31. The number of pyridine rings is 1. The van der Waals surface area contributed by atoms with Gasteiger partial charge in [0.05, 0.1) is 66.4 Å². The number of rotatable bonds is 5. The number of halogens is 5. The van der Waals surface area contributed by atoms with Gasteiger partial charge in [0.25, 0.3) is 5.56 Å². The van der Waals surface area contributed by atoms with Gasteiger partial charge in [0, 0.05) is 34.3 Å². The number of carbonyl (C=O) groups excluding carboxylic acids is 1. The van der Waals surface area contributed by atoms with Gasteiger partial charge in [-0.15, -0.1) is 5.10 Å². The molecule has 14 nitrogen and oxygen atoms in total. The van der Waals surface area contributed by atoms with E-state index in [0.717, 1.165) is 5.56 Å². The Kier molecular flexibility index (Phi) is 11.0. The number of hydrogen-bond donors (Lipinski definition) is 3. The van der Waals surface area contributed by atoms with E-state index in [0.29, 0.717) is 58.3 Å². The maximum Gasteiger partial charge on any atom is 0.490 e. The Morgan fingerprint density at radius 2 is 1.86 bits per heavy atom. The van der Waals surface area contributed by atoms with Crippen LogP contribution in [0.25, 0.3) is 28.2 Å². The molecule has 0 saturated carbocycles. The monoisotopic (exact) mass is 733 g/mol. The third kappa shape index (κ3) is 8.18. The lowest BCUT2D eigenvalue weighted by molar-refractivity contribution is -0.192. The normalized spacial score (nSPS) is 16.3. The molecule has 0 aliphatic carbocycles. The van der Waals surface area contributed by atoms with E-state index in [1.54, 1.807) is 46.0 Å². The number of carboxylic acid groups (broad SMARTS) is 1. The first-order chi connectivity index (χ1) is 23.8. The SMILES string of the molecule is C[C@@H]1CCC[C@H](n2cnc(-c3cc(Cl)ccc3-n3cc(Cl)nn3)cc2=O)c2cc(ccn2)-c2c(cnn2CCO)NC1=O.O=C(O)C(F)(F)F. The van der Waals surface area contributed by atoms with Crippen LogP contribution in [-0.2, 0) is 16.1 Å². The third-order valence-electron chi connectivity index (χ3n) is 7.73. The number of fused-ring (bicyclic) bond motifs is 4. The fraction of sp³-hybridized carbons (Fsp3) is 0.290. The largest absolute Gasteiger partial charge is 0.490 e. The van der Waals surface area contributed by atoms with Crippen molar-refractivity contribution in [2.75, 3.05) is 11.9 Å². The van der Waals surface area contributed by atoms with Crippen molar-refractivity contribution in [1.82, 2.24) is 39.3 Å². The van der Waals surface area contributed by atoms with Crippen LogP contribution in [0, 0.1) is 5.92 Å².